The Morgan fingerprint density at radius 1 is 1.17 bits per heavy atom. The zero-order valence-electron chi connectivity index (χ0n) is 20.7. The number of hydrogen-bond donors (Lipinski definition) is 1. The van der Waals surface area contributed by atoms with E-state index >= 15 is 0 Å². The molecule has 7 heteroatoms. The number of halogens is 2. The maximum absolute atomic E-state index is 14.5. The van der Waals surface area contributed by atoms with Crippen LogP contribution in [0.25, 0.3) is 0 Å². The molecule has 0 bridgehead atoms. The Balaban J connectivity index is 1.71. The van der Waals surface area contributed by atoms with Gasteiger partial charge in [-0.1, -0.05) is 68.3 Å². The molecular weight excluding hydrogens is 479 g/mol. The number of aromatic nitrogens is 1. The lowest BCUT2D eigenvalue weighted by Crippen LogP contribution is -2.38. The summed E-state index contributed by atoms with van der Waals surface area (Å²) in [5.41, 5.74) is 1.49. The molecule has 2 aromatic carbocycles. The first-order valence-corrected chi connectivity index (χ1v) is 13.0. The first-order chi connectivity index (χ1) is 17.3. The minimum absolute atomic E-state index is 0.202. The lowest BCUT2D eigenvalue weighted by atomic mass is 9.98. The van der Waals surface area contributed by atoms with Crippen molar-refractivity contribution in [2.24, 2.45) is 0 Å². The van der Waals surface area contributed by atoms with E-state index in [-0.39, 0.29) is 29.8 Å². The molecule has 2 heterocycles. The molecule has 1 saturated heterocycles. The van der Waals surface area contributed by atoms with Gasteiger partial charge in [0.05, 0.1) is 6.04 Å². The van der Waals surface area contributed by atoms with Gasteiger partial charge in [0.25, 0.3) is 11.5 Å². The highest BCUT2D eigenvalue weighted by atomic mass is 35.5. The van der Waals surface area contributed by atoms with Crippen molar-refractivity contribution in [2.45, 2.75) is 57.9 Å². The lowest BCUT2D eigenvalue weighted by molar-refractivity contribution is 0.0784. The van der Waals surface area contributed by atoms with E-state index in [9.17, 15) is 19.1 Å². The van der Waals surface area contributed by atoms with E-state index in [2.05, 4.69) is 6.92 Å². The average Bonchev–Trinajstić information content (AvgIpc) is 3.35. The summed E-state index contributed by atoms with van der Waals surface area (Å²) in [6, 6.07) is 15.6. The minimum Gasteiger partial charge on any atom is -0.507 e. The largest absolute Gasteiger partial charge is 0.507 e. The number of aryl methyl sites for hydroxylation is 1. The Hall–Kier alpha value is -3.12. The van der Waals surface area contributed by atoms with Crippen LogP contribution in [0, 0.1) is 5.82 Å². The van der Waals surface area contributed by atoms with Gasteiger partial charge in [0.2, 0.25) is 0 Å². The van der Waals surface area contributed by atoms with Crippen LogP contribution in [0.15, 0.2) is 59.4 Å². The van der Waals surface area contributed by atoms with Crippen LogP contribution in [0.1, 0.15) is 78.7 Å². The van der Waals surface area contributed by atoms with E-state index in [1.54, 1.807) is 22.8 Å². The van der Waals surface area contributed by atoms with Crippen molar-refractivity contribution in [3.63, 3.8) is 0 Å². The van der Waals surface area contributed by atoms with Crippen LogP contribution in [0.4, 0.5) is 4.39 Å². The number of hydrogen-bond acceptors (Lipinski definition) is 3. The molecule has 0 aliphatic carbocycles. The van der Waals surface area contributed by atoms with Crippen molar-refractivity contribution < 1.29 is 14.3 Å². The summed E-state index contributed by atoms with van der Waals surface area (Å²) in [5.74, 6) is -1.42. The minimum atomic E-state index is -0.520. The molecule has 0 spiro atoms. The first-order valence-electron chi connectivity index (χ1n) is 12.6. The Kier molecular flexibility index (Phi) is 8.14. The van der Waals surface area contributed by atoms with Gasteiger partial charge >= 0.3 is 0 Å². The molecule has 1 fully saturated rings. The predicted molar refractivity (Wildman–Crippen MR) is 141 cm³/mol. The first kappa shape index (κ1) is 26.0. The molecule has 1 aromatic heterocycles. The molecule has 3 aromatic rings. The van der Waals surface area contributed by atoms with Gasteiger partial charge in [0, 0.05) is 35.8 Å². The van der Waals surface area contributed by atoms with Crippen LogP contribution in [0.5, 0.6) is 5.75 Å². The topological polar surface area (TPSA) is 62.5 Å². The summed E-state index contributed by atoms with van der Waals surface area (Å²) in [6.07, 6.45) is 3.64. The highest BCUT2D eigenvalue weighted by molar-refractivity contribution is 6.30. The fourth-order valence-electron chi connectivity index (χ4n) is 5.19. The molecule has 36 heavy (non-hydrogen) atoms. The van der Waals surface area contributed by atoms with E-state index < -0.39 is 17.3 Å². The second kappa shape index (κ2) is 11.3. The van der Waals surface area contributed by atoms with Gasteiger partial charge in [0.1, 0.15) is 17.1 Å². The number of amides is 1. The van der Waals surface area contributed by atoms with Crippen molar-refractivity contribution in [1.29, 1.82) is 0 Å². The number of carbonyl (C=O) groups excluding carboxylic acids is 1. The molecule has 1 N–H and O–H groups in total. The normalized spacial score (nSPS) is 16.3. The van der Waals surface area contributed by atoms with Crippen LogP contribution < -0.4 is 5.56 Å². The van der Waals surface area contributed by atoms with Crippen molar-refractivity contribution in [3.8, 4) is 5.75 Å². The second-order valence-electron chi connectivity index (χ2n) is 9.41. The molecule has 0 saturated carbocycles. The molecule has 0 radical (unpaired) electrons. The number of unbranched alkanes of at least 4 members (excludes halogenated alkanes) is 1. The third kappa shape index (κ3) is 5.19. The Labute approximate surface area is 216 Å². The Morgan fingerprint density at radius 3 is 2.58 bits per heavy atom. The SMILES string of the molecule is CCCCc1cc(O)c(C(=O)N2CCC(c3ccc(Cl)cc3F)C2)c(=O)n1C(CC)c1ccccc1. The van der Waals surface area contributed by atoms with E-state index in [1.165, 1.54) is 11.0 Å². The van der Waals surface area contributed by atoms with Crippen LogP contribution >= 0.6 is 11.6 Å². The average molecular weight is 511 g/mol. The molecule has 190 valence electrons. The van der Waals surface area contributed by atoms with Gasteiger partial charge < -0.3 is 14.6 Å². The van der Waals surface area contributed by atoms with Gasteiger partial charge in [-0.15, -0.1) is 0 Å². The second-order valence-corrected chi connectivity index (χ2v) is 9.85. The lowest BCUT2D eigenvalue weighted by Gasteiger charge is -2.25. The number of nitrogens with zero attached hydrogens (tertiary/aromatic N) is 2. The quantitative estimate of drug-likeness (QED) is 0.386. The van der Waals surface area contributed by atoms with Crippen LogP contribution in [-0.2, 0) is 6.42 Å². The van der Waals surface area contributed by atoms with E-state index in [0.29, 0.717) is 42.1 Å². The summed E-state index contributed by atoms with van der Waals surface area (Å²) < 4.78 is 16.2. The molecule has 1 aliphatic rings. The van der Waals surface area contributed by atoms with Crippen LogP contribution in [0.2, 0.25) is 5.02 Å². The summed E-state index contributed by atoms with van der Waals surface area (Å²) in [7, 11) is 0. The van der Waals surface area contributed by atoms with Gasteiger partial charge in [0.15, 0.2) is 0 Å². The van der Waals surface area contributed by atoms with E-state index in [4.69, 9.17) is 11.6 Å². The number of aromatic hydroxyl groups is 1. The van der Waals surface area contributed by atoms with Crippen molar-refractivity contribution in [1.82, 2.24) is 9.47 Å². The molecular formula is C29H32ClFN2O3. The summed E-state index contributed by atoms with van der Waals surface area (Å²) in [6.45, 7) is 4.72. The van der Waals surface area contributed by atoms with Crippen LogP contribution in [0.3, 0.4) is 0 Å². The summed E-state index contributed by atoms with van der Waals surface area (Å²) in [5, 5.41) is 11.2. The van der Waals surface area contributed by atoms with Crippen molar-refractivity contribution in [2.75, 3.05) is 13.1 Å². The predicted octanol–water partition coefficient (Wildman–Crippen LogP) is 6.32. The summed E-state index contributed by atoms with van der Waals surface area (Å²) in [4.78, 5) is 29.0. The maximum Gasteiger partial charge on any atom is 0.268 e. The number of benzene rings is 2. The van der Waals surface area contributed by atoms with Crippen molar-refractivity contribution >= 4 is 17.5 Å². The molecule has 4 rings (SSSR count). The smallest absolute Gasteiger partial charge is 0.268 e. The maximum atomic E-state index is 14.5. The number of rotatable bonds is 8. The number of carbonyl (C=O) groups is 1. The molecule has 2 atom stereocenters. The van der Waals surface area contributed by atoms with Crippen LogP contribution in [-0.4, -0.2) is 33.6 Å². The van der Waals surface area contributed by atoms with Gasteiger partial charge in [-0.3, -0.25) is 9.59 Å². The zero-order chi connectivity index (χ0) is 25.8. The fourth-order valence-corrected chi connectivity index (χ4v) is 5.34. The number of likely N-dealkylation sites (tertiary alicyclic amines) is 1. The van der Waals surface area contributed by atoms with E-state index in [0.717, 1.165) is 18.4 Å². The summed E-state index contributed by atoms with van der Waals surface area (Å²) >= 11 is 5.89. The highest BCUT2D eigenvalue weighted by Gasteiger charge is 2.33. The van der Waals surface area contributed by atoms with Gasteiger partial charge in [-0.2, -0.15) is 0 Å². The highest BCUT2D eigenvalue weighted by Crippen LogP contribution is 2.32. The monoisotopic (exact) mass is 510 g/mol. The third-order valence-corrected chi connectivity index (χ3v) is 7.30. The molecule has 5 nitrogen and oxygen atoms in total. The molecule has 1 aliphatic heterocycles. The van der Waals surface area contributed by atoms with E-state index in [1.807, 2.05) is 37.3 Å². The molecule has 1 amide bonds. The van der Waals surface area contributed by atoms with Gasteiger partial charge in [-0.05, 0) is 48.9 Å². The van der Waals surface area contributed by atoms with Crippen molar-refractivity contribution in [3.05, 3.63) is 98.2 Å². The number of pyridine rings is 1. The Bertz CT molecular complexity index is 1290. The third-order valence-electron chi connectivity index (χ3n) is 7.06. The standard InChI is InChI=1S/C29H32ClFN2O3/c1-3-5-11-22-17-26(34)27(29(36)33(22)25(4-2)19-9-7-6-8-10-19)28(35)32-15-14-20(18-32)23-13-12-21(30)16-24(23)31/h6-10,12-13,16-17,20,25,34H,3-5,11,14-15,18H2,1-2H3. The fraction of sp³-hybridized carbons (Fsp3) is 0.379. The Morgan fingerprint density at radius 2 is 1.92 bits per heavy atom. The van der Waals surface area contributed by atoms with Gasteiger partial charge in [-0.25, -0.2) is 4.39 Å². The zero-order valence-corrected chi connectivity index (χ0v) is 21.5. The molecule has 2 unspecified atom stereocenters.